The van der Waals surface area contributed by atoms with Gasteiger partial charge in [0.2, 0.25) is 0 Å². The zero-order valence-corrected chi connectivity index (χ0v) is 11.0. The zero-order chi connectivity index (χ0) is 14.8. The summed E-state index contributed by atoms with van der Waals surface area (Å²) in [6, 6.07) is 9.78. The second kappa shape index (κ2) is 5.50. The largest absolute Gasteiger partial charge is 0.293 e. The second-order valence-corrected chi connectivity index (χ2v) is 6.11. The van der Waals surface area contributed by atoms with Crippen LogP contribution in [0.4, 0.5) is 8.78 Å². The van der Waals surface area contributed by atoms with E-state index < -0.39 is 38.6 Å². The van der Waals surface area contributed by atoms with E-state index in [0.717, 1.165) is 12.1 Å². The van der Waals surface area contributed by atoms with Crippen LogP contribution in [-0.4, -0.2) is 20.0 Å². The standard InChI is InChI=1S/C14H10F2O3S/c15-10-6-7-12(13(16)8-10)14(17)9-20(18,19)11-4-2-1-3-5-11/h1-8H,9H2. The number of benzene rings is 2. The lowest BCUT2D eigenvalue weighted by Crippen LogP contribution is -2.17. The Morgan fingerprint density at radius 3 is 2.25 bits per heavy atom. The molecule has 0 atom stereocenters. The fraction of sp³-hybridized carbons (Fsp3) is 0.0714. The Balaban J connectivity index is 2.28. The molecule has 0 radical (unpaired) electrons. The SMILES string of the molecule is O=C(CS(=O)(=O)c1ccccc1)c1ccc(F)cc1F. The van der Waals surface area contributed by atoms with Crippen molar-refractivity contribution in [3.63, 3.8) is 0 Å². The number of halogens is 2. The average Bonchev–Trinajstić information content (AvgIpc) is 2.39. The van der Waals surface area contributed by atoms with Crippen molar-refractivity contribution < 1.29 is 22.0 Å². The van der Waals surface area contributed by atoms with Gasteiger partial charge in [0.1, 0.15) is 17.4 Å². The Kier molecular flexibility index (Phi) is 3.94. The number of ketones is 1. The van der Waals surface area contributed by atoms with Gasteiger partial charge in [0.25, 0.3) is 0 Å². The predicted molar refractivity (Wildman–Crippen MR) is 69.2 cm³/mol. The summed E-state index contributed by atoms with van der Waals surface area (Å²) in [4.78, 5) is 11.8. The molecule has 0 fully saturated rings. The number of rotatable bonds is 4. The molecule has 0 spiro atoms. The van der Waals surface area contributed by atoms with Gasteiger partial charge in [0, 0.05) is 6.07 Å². The normalized spacial score (nSPS) is 11.3. The summed E-state index contributed by atoms with van der Waals surface area (Å²) < 4.78 is 50.1. The molecule has 2 aromatic carbocycles. The smallest absolute Gasteiger partial charge is 0.185 e. The molecule has 0 heterocycles. The third-order valence-corrected chi connectivity index (χ3v) is 4.29. The highest BCUT2D eigenvalue weighted by Gasteiger charge is 2.22. The van der Waals surface area contributed by atoms with E-state index in [1.54, 1.807) is 6.07 Å². The summed E-state index contributed by atoms with van der Waals surface area (Å²) in [5.74, 6) is -3.67. The molecular weight excluding hydrogens is 286 g/mol. The monoisotopic (exact) mass is 296 g/mol. The summed E-state index contributed by atoms with van der Waals surface area (Å²) in [6.07, 6.45) is 0. The molecule has 3 nitrogen and oxygen atoms in total. The Hall–Kier alpha value is -2.08. The Bertz CT molecular complexity index is 740. The molecule has 0 aliphatic heterocycles. The zero-order valence-electron chi connectivity index (χ0n) is 10.2. The summed E-state index contributed by atoms with van der Waals surface area (Å²) in [5, 5.41) is 0. The minimum absolute atomic E-state index is 0.0177. The lowest BCUT2D eigenvalue weighted by molar-refractivity contribution is 0.101. The van der Waals surface area contributed by atoms with Crippen molar-refractivity contribution in [3.05, 3.63) is 65.7 Å². The first-order chi connectivity index (χ1) is 9.40. The number of hydrogen-bond donors (Lipinski definition) is 0. The molecule has 2 aromatic rings. The lowest BCUT2D eigenvalue weighted by atomic mass is 10.1. The summed E-state index contributed by atoms with van der Waals surface area (Å²) >= 11 is 0. The van der Waals surface area contributed by atoms with Crippen molar-refractivity contribution in [2.45, 2.75) is 4.90 Å². The van der Waals surface area contributed by atoms with E-state index in [0.29, 0.717) is 6.07 Å². The maximum absolute atomic E-state index is 13.4. The highest BCUT2D eigenvalue weighted by atomic mass is 32.2. The van der Waals surface area contributed by atoms with Gasteiger partial charge in [-0.2, -0.15) is 0 Å². The molecule has 0 aliphatic rings. The van der Waals surface area contributed by atoms with Gasteiger partial charge in [-0.3, -0.25) is 4.79 Å². The highest BCUT2D eigenvalue weighted by Crippen LogP contribution is 2.15. The molecule has 0 aliphatic carbocycles. The molecule has 0 N–H and O–H groups in total. The molecule has 0 saturated heterocycles. The third-order valence-electron chi connectivity index (χ3n) is 2.65. The fourth-order valence-corrected chi connectivity index (χ4v) is 2.92. The van der Waals surface area contributed by atoms with Crippen LogP contribution < -0.4 is 0 Å². The van der Waals surface area contributed by atoms with Crippen LogP contribution in [0.5, 0.6) is 0 Å². The van der Waals surface area contributed by atoms with Gasteiger partial charge in [-0.05, 0) is 24.3 Å². The van der Waals surface area contributed by atoms with E-state index in [9.17, 15) is 22.0 Å². The lowest BCUT2D eigenvalue weighted by Gasteiger charge is -2.05. The summed E-state index contributed by atoms with van der Waals surface area (Å²) in [6.45, 7) is 0. The van der Waals surface area contributed by atoms with E-state index >= 15 is 0 Å². The van der Waals surface area contributed by atoms with Crippen molar-refractivity contribution in [2.75, 3.05) is 5.75 Å². The van der Waals surface area contributed by atoms with Crippen molar-refractivity contribution in [1.82, 2.24) is 0 Å². The minimum atomic E-state index is -3.84. The van der Waals surface area contributed by atoms with E-state index in [2.05, 4.69) is 0 Å². The van der Waals surface area contributed by atoms with E-state index in [1.165, 1.54) is 24.3 Å². The number of carbonyl (C=O) groups is 1. The van der Waals surface area contributed by atoms with Gasteiger partial charge in [0.15, 0.2) is 15.6 Å². The Labute approximate surface area is 114 Å². The van der Waals surface area contributed by atoms with Crippen LogP contribution in [0.25, 0.3) is 0 Å². The van der Waals surface area contributed by atoms with Gasteiger partial charge >= 0.3 is 0 Å². The fourth-order valence-electron chi connectivity index (χ4n) is 1.68. The molecule has 2 rings (SSSR count). The van der Waals surface area contributed by atoms with Crippen LogP contribution in [0, 0.1) is 11.6 Å². The molecule has 20 heavy (non-hydrogen) atoms. The number of hydrogen-bond acceptors (Lipinski definition) is 3. The maximum atomic E-state index is 13.4. The molecule has 0 unspecified atom stereocenters. The molecule has 0 aromatic heterocycles. The summed E-state index contributed by atoms with van der Waals surface area (Å²) in [5.41, 5.74) is -0.439. The van der Waals surface area contributed by atoms with Crippen LogP contribution >= 0.6 is 0 Å². The van der Waals surface area contributed by atoms with E-state index in [1.807, 2.05) is 0 Å². The first kappa shape index (κ1) is 14.3. The van der Waals surface area contributed by atoms with Crippen LogP contribution in [0.1, 0.15) is 10.4 Å². The third kappa shape index (κ3) is 3.08. The molecule has 0 saturated carbocycles. The van der Waals surface area contributed by atoms with E-state index in [4.69, 9.17) is 0 Å². The highest BCUT2D eigenvalue weighted by molar-refractivity contribution is 7.92. The van der Waals surface area contributed by atoms with Gasteiger partial charge in [-0.1, -0.05) is 18.2 Å². The van der Waals surface area contributed by atoms with Gasteiger partial charge in [0.05, 0.1) is 10.5 Å². The Morgan fingerprint density at radius 1 is 1.00 bits per heavy atom. The number of carbonyl (C=O) groups excluding carboxylic acids is 1. The van der Waals surface area contributed by atoms with Crippen LogP contribution in [-0.2, 0) is 9.84 Å². The topological polar surface area (TPSA) is 51.2 Å². The van der Waals surface area contributed by atoms with Crippen LogP contribution in [0.15, 0.2) is 53.4 Å². The molecule has 6 heteroatoms. The molecule has 0 bridgehead atoms. The predicted octanol–water partition coefficient (Wildman–Crippen LogP) is 2.62. The van der Waals surface area contributed by atoms with Crippen molar-refractivity contribution >= 4 is 15.6 Å². The second-order valence-electron chi connectivity index (χ2n) is 4.12. The molecule has 104 valence electrons. The molecular formula is C14H10F2O3S. The van der Waals surface area contributed by atoms with Crippen LogP contribution in [0.3, 0.4) is 0 Å². The van der Waals surface area contributed by atoms with Gasteiger partial charge in [-0.25, -0.2) is 17.2 Å². The average molecular weight is 296 g/mol. The molecule has 0 amide bonds. The van der Waals surface area contributed by atoms with Gasteiger partial charge in [-0.15, -0.1) is 0 Å². The first-order valence-electron chi connectivity index (χ1n) is 5.66. The van der Waals surface area contributed by atoms with Gasteiger partial charge < -0.3 is 0 Å². The van der Waals surface area contributed by atoms with Crippen molar-refractivity contribution in [3.8, 4) is 0 Å². The quantitative estimate of drug-likeness (QED) is 0.815. The van der Waals surface area contributed by atoms with Crippen molar-refractivity contribution in [1.29, 1.82) is 0 Å². The Morgan fingerprint density at radius 2 is 1.65 bits per heavy atom. The van der Waals surface area contributed by atoms with Crippen LogP contribution in [0.2, 0.25) is 0 Å². The summed E-state index contributed by atoms with van der Waals surface area (Å²) in [7, 11) is -3.84. The first-order valence-corrected chi connectivity index (χ1v) is 7.31. The number of Topliss-reactive ketones (excluding diaryl/α,β-unsaturated/α-hetero) is 1. The minimum Gasteiger partial charge on any atom is -0.293 e. The van der Waals surface area contributed by atoms with Crippen molar-refractivity contribution in [2.24, 2.45) is 0 Å². The van der Waals surface area contributed by atoms with E-state index in [-0.39, 0.29) is 4.90 Å². The number of sulfone groups is 1. The maximum Gasteiger partial charge on any atom is 0.185 e.